The summed E-state index contributed by atoms with van der Waals surface area (Å²) < 4.78 is 0.904. The van der Waals surface area contributed by atoms with Gasteiger partial charge in [-0.05, 0) is 24.6 Å². The Hall–Kier alpha value is 0.140. The minimum atomic E-state index is -0.00861. The van der Waals surface area contributed by atoms with Crippen molar-refractivity contribution in [1.29, 1.82) is 0 Å². The summed E-state index contributed by atoms with van der Waals surface area (Å²) in [6.45, 7) is 1.93. The number of aryl methyl sites for hydroxylation is 1. The van der Waals surface area contributed by atoms with Gasteiger partial charge >= 0.3 is 0 Å². The summed E-state index contributed by atoms with van der Waals surface area (Å²) in [6.07, 6.45) is 0. The quantitative estimate of drug-likeness (QED) is 0.593. The van der Waals surface area contributed by atoms with Gasteiger partial charge in [-0.15, -0.1) is 0 Å². The van der Waals surface area contributed by atoms with Crippen LogP contribution in [0, 0.1) is 6.92 Å². The maximum absolute atomic E-state index is 11.3. The van der Waals surface area contributed by atoms with Crippen molar-refractivity contribution in [1.82, 2.24) is 0 Å². The molecule has 0 aromatic heterocycles. The van der Waals surface area contributed by atoms with Gasteiger partial charge in [-0.1, -0.05) is 43.5 Å². The van der Waals surface area contributed by atoms with E-state index in [-0.39, 0.29) is 5.78 Å². The Morgan fingerprint density at radius 1 is 1.54 bits per heavy atom. The molecule has 0 spiro atoms. The van der Waals surface area contributed by atoms with E-state index in [9.17, 15) is 4.79 Å². The first-order valence-electron chi connectivity index (χ1n) is 3.61. The maximum atomic E-state index is 11.3. The molecule has 1 nitrogen and oxygen atoms in total. The van der Waals surface area contributed by atoms with E-state index < -0.39 is 0 Å². The third kappa shape index (κ3) is 2.55. The fourth-order valence-electron chi connectivity index (χ4n) is 0.932. The van der Waals surface area contributed by atoms with Gasteiger partial charge < -0.3 is 0 Å². The zero-order chi connectivity index (χ0) is 10.0. The van der Waals surface area contributed by atoms with Gasteiger partial charge in [0.05, 0.1) is 10.4 Å². The molecule has 1 aromatic carbocycles. The molecule has 0 heterocycles. The van der Waals surface area contributed by atoms with E-state index in [0.29, 0.717) is 15.9 Å². The molecule has 4 heteroatoms. The van der Waals surface area contributed by atoms with Crippen molar-refractivity contribution in [3.05, 3.63) is 32.8 Å². The minimum absolute atomic E-state index is 0.00861. The molecule has 1 aromatic rings. The van der Waals surface area contributed by atoms with Gasteiger partial charge in [0.25, 0.3) is 0 Å². The van der Waals surface area contributed by atoms with Gasteiger partial charge in [-0.2, -0.15) is 0 Å². The summed E-state index contributed by atoms with van der Waals surface area (Å²) in [4.78, 5) is 11.3. The van der Waals surface area contributed by atoms with E-state index in [4.69, 9.17) is 11.6 Å². The Kier molecular flexibility index (Phi) is 3.95. The summed E-state index contributed by atoms with van der Waals surface area (Å²) in [5.74, 6) is -0.00861. The van der Waals surface area contributed by atoms with E-state index in [1.54, 1.807) is 12.1 Å². The Morgan fingerprint density at radius 3 is 2.69 bits per heavy atom. The standard InChI is InChI=1S/C9H7Br2ClO/c1-5-2-8(12)6(3-7(5)11)9(13)4-10/h2-3H,4H2,1H3. The van der Waals surface area contributed by atoms with Gasteiger partial charge in [-0.3, -0.25) is 4.79 Å². The number of carbonyl (C=O) groups is 1. The van der Waals surface area contributed by atoms with Crippen molar-refractivity contribution in [2.75, 3.05) is 5.33 Å². The Bertz CT molecular complexity index is 350. The Morgan fingerprint density at radius 2 is 2.15 bits per heavy atom. The van der Waals surface area contributed by atoms with Crippen molar-refractivity contribution in [3.63, 3.8) is 0 Å². The van der Waals surface area contributed by atoms with Crippen LogP contribution in [0.25, 0.3) is 0 Å². The molecular formula is C9H7Br2ClO. The first-order valence-corrected chi connectivity index (χ1v) is 5.90. The topological polar surface area (TPSA) is 17.1 Å². The van der Waals surface area contributed by atoms with Gasteiger partial charge in [0.1, 0.15) is 0 Å². The molecule has 0 saturated carbocycles. The summed E-state index contributed by atoms with van der Waals surface area (Å²) in [6, 6.07) is 3.53. The first-order chi connectivity index (χ1) is 6.06. The van der Waals surface area contributed by atoms with Crippen LogP contribution in [-0.2, 0) is 0 Å². The predicted molar refractivity (Wildman–Crippen MR) is 62.0 cm³/mol. The normalized spacial score (nSPS) is 10.2. The second-order valence-corrected chi connectivity index (χ2v) is 4.46. The van der Waals surface area contributed by atoms with E-state index in [1.165, 1.54) is 0 Å². The molecule has 0 atom stereocenters. The van der Waals surface area contributed by atoms with Crippen LogP contribution in [0.4, 0.5) is 0 Å². The zero-order valence-corrected chi connectivity index (χ0v) is 10.8. The molecule has 70 valence electrons. The van der Waals surface area contributed by atoms with Crippen LogP contribution < -0.4 is 0 Å². The Labute approximate surface area is 98.7 Å². The lowest BCUT2D eigenvalue weighted by molar-refractivity contribution is 0.102. The van der Waals surface area contributed by atoms with Crippen molar-refractivity contribution < 1.29 is 4.79 Å². The molecule has 0 amide bonds. The zero-order valence-electron chi connectivity index (χ0n) is 6.90. The van der Waals surface area contributed by atoms with E-state index in [1.807, 2.05) is 6.92 Å². The van der Waals surface area contributed by atoms with Crippen LogP contribution in [0.2, 0.25) is 5.02 Å². The maximum Gasteiger partial charge on any atom is 0.174 e. The van der Waals surface area contributed by atoms with Gasteiger partial charge in [0.2, 0.25) is 0 Å². The number of hydrogen-bond acceptors (Lipinski definition) is 1. The molecule has 1 rings (SSSR count). The number of alkyl halides is 1. The van der Waals surface area contributed by atoms with Gasteiger partial charge in [0.15, 0.2) is 5.78 Å². The van der Waals surface area contributed by atoms with Crippen molar-refractivity contribution in [2.24, 2.45) is 0 Å². The molecule has 13 heavy (non-hydrogen) atoms. The van der Waals surface area contributed by atoms with Crippen LogP contribution in [0.5, 0.6) is 0 Å². The van der Waals surface area contributed by atoms with Gasteiger partial charge in [0, 0.05) is 10.0 Å². The highest BCUT2D eigenvalue weighted by molar-refractivity contribution is 9.10. The fraction of sp³-hybridized carbons (Fsp3) is 0.222. The average molecular weight is 326 g/mol. The monoisotopic (exact) mass is 324 g/mol. The lowest BCUT2D eigenvalue weighted by Gasteiger charge is -2.04. The third-order valence-corrected chi connectivity index (χ3v) is 3.35. The van der Waals surface area contributed by atoms with Gasteiger partial charge in [-0.25, -0.2) is 0 Å². The number of halogens is 3. The average Bonchev–Trinajstić information content (AvgIpc) is 2.10. The SMILES string of the molecule is Cc1cc(Cl)c(C(=O)CBr)cc1Br. The van der Waals surface area contributed by atoms with Crippen LogP contribution >= 0.6 is 43.5 Å². The second kappa shape index (κ2) is 4.58. The van der Waals surface area contributed by atoms with E-state index >= 15 is 0 Å². The first kappa shape index (κ1) is 11.2. The van der Waals surface area contributed by atoms with E-state index in [2.05, 4.69) is 31.9 Å². The molecule has 0 saturated heterocycles. The van der Waals surface area contributed by atoms with Crippen molar-refractivity contribution in [3.8, 4) is 0 Å². The summed E-state index contributed by atoms with van der Waals surface area (Å²) >= 11 is 12.4. The molecule has 0 bridgehead atoms. The highest BCUT2D eigenvalue weighted by Crippen LogP contribution is 2.25. The van der Waals surface area contributed by atoms with Crippen molar-refractivity contribution >= 4 is 49.2 Å². The smallest absolute Gasteiger partial charge is 0.174 e. The number of carbonyl (C=O) groups excluding carboxylic acids is 1. The molecule has 0 aliphatic heterocycles. The predicted octanol–water partition coefficient (Wildman–Crippen LogP) is 3.99. The number of ketones is 1. The molecule has 0 N–H and O–H groups in total. The van der Waals surface area contributed by atoms with Crippen LogP contribution in [0.15, 0.2) is 16.6 Å². The number of hydrogen-bond donors (Lipinski definition) is 0. The van der Waals surface area contributed by atoms with Crippen LogP contribution in [-0.4, -0.2) is 11.1 Å². The minimum Gasteiger partial charge on any atom is -0.293 e. The largest absolute Gasteiger partial charge is 0.293 e. The third-order valence-electron chi connectivity index (χ3n) is 1.67. The highest BCUT2D eigenvalue weighted by atomic mass is 79.9. The van der Waals surface area contributed by atoms with Crippen LogP contribution in [0.1, 0.15) is 15.9 Å². The number of Topliss-reactive ketones (excluding diaryl/α,β-unsaturated/α-hetero) is 1. The molecular weight excluding hydrogens is 319 g/mol. The summed E-state index contributed by atoms with van der Waals surface area (Å²) in [5.41, 5.74) is 1.58. The lowest BCUT2D eigenvalue weighted by atomic mass is 10.1. The molecule has 0 aliphatic carbocycles. The number of benzene rings is 1. The number of rotatable bonds is 2. The molecule has 0 radical (unpaired) electrons. The Balaban J connectivity index is 3.23. The second-order valence-electron chi connectivity index (χ2n) is 2.64. The lowest BCUT2D eigenvalue weighted by Crippen LogP contribution is -2.01. The summed E-state index contributed by atoms with van der Waals surface area (Å²) in [7, 11) is 0. The fourth-order valence-corrected chi connectivity index (χ4v) is 1.90. The van der Waals surface area contributed by atoms with Crippen LogP contribution in [0.3, 0.4) is 0 Å². The molecule has 0 unspecified atom stereocenters. The molecule has 0 aliphatic rings. The van der Waals surface area contributed by atoms with E-state index in [0.717, 1.165) is 10.0 Å². The highest BCUT2D eigenvalue weighted by Gasteiger charge is 2.10. The molecule has 0 fully saturated rings. The van der Waals surface area contributed by atoms with Crippen molar-refractivity contribution in [2.45, 2.75) is 6.92 Å². The summed E-state index contributed by atoms with van der Waals surface area (Å²) in [5, 5.41) is 0.799.